The SMILES string of the molecule is O=C(N[C@@H](CO)c1ccccc1)c1ccccc1F. The van der Waals surface area contributed by atoms with Crippen LogP contribution in [0.1, 0.15) is 22.0 Å². The predicted octanol–water partition coefficient (Wildman–Crippen LogP) is 2.29. The van der Waals surface area contributed by atoms with Crippen molar-refractivity contribution in [3.63, 3.8) is 0 Å². The maximum atomic E-state index is 13.5. The van der Waals surface area contributed by atoms with Gasteiger partial charge < -0.3 is 10.4 Å². The molecule has 0 aromatic heterocycles. The third-order valence-electron chi connectivity index (χ3n) is 2.81. The molecule has 1 amide bonds. The second-order valence-electron chi connectivity index (χ2n) is 4.10. The molecule has 0 heterocycles. The summed E-state index contributed by atoms with van der Waals surface area (Å²) in [6.45, 7) is -0.246. The van der Waals surface area contributed by atoms with Crippen LogP contribution in [0.4, 0.5) is 4.39 Å². The van der Waals surface area contributed by atoms with Crippen LogP contribution in [0.3, 0.4) is 0 Å². The van der Waals surface area contributed by atoms with Gasteiger partial charge in [-0.2, -0.15) is 0 Å². The number of hydrogen-bond donors (Lipinski definition) is 2. The summed E-state index contributed by atoms with van der Waals surface area (Å²) >= 11 is 0. The Hall–Kier alpha value is -2.20. The Labute approximate surface area is 110 Å². The average Bonchev–Trinajstić information content (AvgIpc) is 2.46. The second-order valence-corrected chi connectivity index (χ2v) is 4.10. The quantitative estimate of drug-likeness (QED) is 0.885. The van der Waals surface area contributed by atoms with Crippen molar-refractivity contribution in [1.82, 2.24) is 5.32 Å². The average molecular weight is 259 g/mol. The maximum absolute atomic E-state index is 13.5. The minimum absolute atomic E-state index is 0.0307. The summed E-state index contributed by atoms with van der Waals surface area (Å²) in [5.74, 6) is -1.12. The molecule has 3 nitrogen and oxygen atoms in total. The molecule has 0 saturated heterocycles. The van der Waals surface area contributed by atoms with Crippen LogP contribution in [0.15, 0.2) is 54.6 Å². The van der Waals surface area contributed by atoms with E-state index in [0.717, 1.165) is 5.56 Å². The number of aliphatic hydroxyl groups is 1. The zero-order chi connectivity index (χ0) is 13.7. The van der Waals surface area contributed by atoms with E-state index in [-0.39, 0.29) is 12.2 Å². The molecule has 0 aliphatic heterocycles. The molecule has 2 N–H and O–H groups in total. The van der Waals surface area contributed by atoms with Gasteiger partial charge in [-0.05, 0) is 17.7 Å². The lowest BCUT2D eigenvalue weighted by Gasteiger charge is -2.16. The van der Waals surface area contributed by atoms with E-state index in [1.165, 1.54) is 18.2 Å². The standard InChI is InChI=1S/C15H14FNO2/c16-13-9-5-4-8-12(13)15(19)17-14(10-18)11-6-2-1-3-7-11/h1-9,14,18H,10H2,(H,17,19)/t14-/m0/s1. The van der Waals surface area contributed by atoms with E-state index in [2.05, 4.69) is 5.32 Å². The molecule has 0 aliphatic carbocycles. The Kier molecular flexibility index (Phi) is 4.26. The van der Waals surface area contributed by atoms with Crippen LogP contribution in [0.25, 0.3) is 0 Å². The summed E-state index contributed by atoms with van der Waals surface area (Å²) in [7, 11) is 0. The summed E-state index contributed by atoms with van der Waals surface area (Å²) in [5, 5.41) is 11.9. The molecule has 0 radical (unpaired) electrons. The van der Waals surface area contributed by atoms with Crippen LogP contribution in [-0.2, 0) is 0 Å². The van der Waals surface area contributed by atoms with Gasteiger partial charge in [0.1, 0.15) is 5.82 Å². The monoisotopic (exact) mass is 259 g/mol. The molecule has 1 atom stereocenters. The summed E-state index contributed by atoms with van der Waals surface area (Å²) in [4.78, 5) is 11.9. The molecule has 19 heavy (non-hydrogen) atoms. The minimum Gasteiger partial charge on any atom is -0.394 e. The van der Waals surface area contributed by atoms with Gasteiger partial charge in [0.15, 0.2) is 0 Å². The Morgan fingerprint density at radius 3 is 2.37 bits per heavy atom. The minimum atomic E-state index is -0.579. The summed E-state index contributed by atoms with van der Waals surface area (Å²) in [5.41, 5.74) is 0.742. The van der Waals surface area contributed by atoms with E-state index in [0.29, 0.717) is 0 Å². The fourth-order valence-corrected chi connectivity index (χ4v) is 1.80. The molecule has 0 aliphatic rings. The fourth-order valence-electron chi connectivity index (χ4n) is 1.80. The highest BCUT2D eigenvalue weighted by atomic mass is 19.1. The number of benzene rings is 2. The van der Waals surface area contributed by atoms with Gasteiger partial charge in [-0.25, -0.2) is 4.39 Å². The summed E-state index contributed by atoms with van der Waals surface area (Å²) < 4.78 is 13.5. The highest BCUT2D eigenvalue weighted by Gasteiger charge is 2.16. The van der Waals surface area contributed by atoms with Gasteiger partial charge in [0.25, 0.3) is 5.91 Å². The van der Waals surface area contributed by atoms with Gasteiger partial charge in [-0.1, -0.05) is 42.5 Å². The van der Waals surface area contributed by atoms with Crippen molar-refractivity contribution in [1.29, 1.82) is 0 Å². The van der Waals surface area contributed by atoms with Gasteiger partial charge in [-0.15, -0.1) is 0 Å². The summed E-state index contributed by atoms with van der Waals surface area (Å²) in [6, 6.07) is 14.3. The number of rotatable bonds is 4. The summed E-state index contributed by atoms with van der Waals surface area (Å²) in [6.07, 6.45) is 0. The van der Waals surface area contributed by atoms with Crippen molar-refractivity contribution >= 4 is 5.91 Å². The molecule has 2 aromatic carbocycles. The first-order valence-electron chi connectivity index (χ1n) is 5.93. The lowest BCUT2D eigenvalue weighted by atomic mass is 10.1. The van der Waals surface area contributed by atoms with Crippen molar-refractivity contribution in [3.05, 3.63) is 71.5 Å². The molecular weight excluding hydrogens is 245 g/mol. The molecule has 98 valence electrons. The van der Waals surface area contributed by atoms with E-state index in [9.17, 15) is 14.3 Å². The third kappa shape index (κ3) is 3.17. The van der Waals surface area contributed by atoms with Crippen molar-refractivity contribution in [2.75, 3.05) is 6.61 Å². The van der Waals surface area contributed by atoms with Crippen molar-refractivity contribution in [2.24, 2.45) is 0 Å². The van der Waals surface area contributed by atoms with E-state index >= 15 is 0 Å². The number of amides is 1. The lowest BCUT2D eigenvalue weighted by molar-refractivity contribution is 0.0912. The van der Waals surface area contributed by atoms with Crippen LogP contribution in [0.2, 0.25) is 0 Å². The van der Waals surface area contributed by atoms with Crippen molar-refractivity contribution < 1.29 is 14.3 Å². The predicted molar refractivity (Wildman–Crippen MR) is 70.1 cm³/mol. The Balaban J connectivity index is 2.16. The van der Waals surface area contributed by atoms with E-state index < -0.39 is 17.8 Å². The molecule has 0 spiro atoms. The number of carbonyl (C=O) groups excluding carboxylic acids is 1. The van der Waals surface area contributed by atoms with E-state index in [4.69, 9.17) is 0 Å². The smallest absolute Gasteiger partial charge is 0.254 e. The van der Waals surface area contributed by atoms with Crippen LogP contribution in [-0.4, -0.2) is 17.6 Å². The van der Waals surface area contributed by atoms with Crippen LogP contribution < -0.4 is 5.32 Å². The lowest BCUT2D eigenvalue weighted by Crippen LogP contribution is -2.31. The molecule has 0 unspecified atom stereocenters. The van der Waals surface area contributed by atoms with Crippen LogP contribution in [0.5, 0.6) is 0 Å². The molecule has 2 rings (SSSR count). The molecular formula is C15H14FNO2. The largest absolute Gasteiger partial charge is 0.394 e. The van der Waals surface area contributed by atoms with Gasteiger partial charge in [0.2, 0.25) is 0 Å². The molecule has 4 heteroatoms. The molecule has 2 aromatic rings. The number of nitrogens with one attached hydrogen (secondary N) is 1. The Bertz CT molecular complexity index is 557. The fraction of sp³-hybridized carbons (Fsp3) is 0.133. The highest BCUT2D eigenvalue weighted by Crippen LogP contribution is 2.14. The third-order valence-corrected chi connectivity index (χ3v) is 2.81. The van der Waals surface area contributed by atoms with Gasteiger partial charge in [0, 0.05) is 0 Å². The first-order valence-corrected chi connectivity index (χ1v) is 5.93. The maximum Gasteiger partial charge on any atom is 0.254 e. The zero-order valence-corrected chi connectivity index (χ0v) is 10.2. The Morgan fingerprint density at radius 1 is 1.11 bits per heavy atom. The zero-order valence-electron chi connectivity index (χ0n) is 10.2. The number of hydrogen-bond acceptors (Lipinski definition) is 2. The molecule has 0 bridgehead atoms. The van der Waals surface area contributed by atoms with Crippen LogP contribution in [0, 0.1) is 5.82 Å². The van der Waals surface area contributed by atoms with Crippen molar-refractivity contribution in [3.8, 4) is 0 Å². The topological polar surface area (TPSA) is 49.3 Å². The first kappa shape index (κ1) is 13.2. The van der Waals surface area contributed by atoms with E-state index in [1.54, 1.807) is 18.2 Å². The molecule has 0 fully saturated rings. The number of halogens is 1. The molecule has 0 saturated carbocycles. The number of aliphatic hydroxyl groups excluding tert-OH is 1. The second kappa shape index (κ2) is 6.11. The highest BCUT2D eigenvalue weighted by molar-refractivity contribution is 5.94. The van der Waals surface area contributed by atoms with Crippen molar-refractivity contribution in [2.45, 2.75) is 6.04 Å². The van der Waals surface area contributed by atoms with E-state index in [1.807, 2.05) is 18.2 Å². The van der Waals surface area contributed by atoms with Gasteiger partial charge in [0.05, 0.1) is 18.2 Å². The number of carbonyl (C=O) groups is 1. The van der Waals surface area contributed by atoms with Crippen LogP contribution >= 0.6 is 0 Å². The van der Waals surface area contributed by atoms with Gasteiger partial charge >= 0.3 is 0 Å². The Morgan fingerprint density at radius 2 is 1.74 bits per heavy atom. The normalized spacial score (nSPS) is 11.9. The first-order chi connectivity index (χ1) is 9.22. The van der Waals surface area contributed by atoms with Gasteiger partial charge in [-0.3, -0.25) is 4.79 Å².